The van der Waals surface area contributed by atoms with Gasteiger partial charge in [-0.25, -0.2) is 17.6 Å². The van der Waals surface area contributed by atoms with Gasteiger partial charge in [-0.1, -0.05) is 0 Å². The summed E-state index contributed by atoms with van der Waals surface area (Å²) < 4.78 is 52.7. The Kier molecular flexibility index (Phi) is 3.28. The van der Waals surface area contributed by atoms with Crippen molar-refractivity contribution < 1.29 is 27.5 Å². The van der Waals surface area contributed by atoms with Gasteiger partial charge < -0.3 is 5.11 Å². The third kappa shape index (κ3) is 2.57. The van der Waals surface area contributed by atoms with Crippen LogP contribution in [0.25, 0.3) is 0 Å². The van der Waals surface area contributed by atoms with E-state index in [9.17, 15) is 27.5 Å². The SMILES string of the molecule is O=C(O)C1(c2cc(F)cc(F)c2)CCC(F)(F)CC1. The number of carboxylic acids is 1. The number of benzene rings is 1. The van der Waals surface area contributed by atoms with Crippen LogP contribution in [0, 0.1) is 11.6 Å². The third-order valence-corrected chi connectivity index (χ3v) is 3.66. The van der Waals surface area contributed by atoms with Gasteiger partial charge in [0.15, 0.2) is 0 Å². The van der Waals surface area contributed by atoms with Gasteiger partial charge in [0.25, 0.3) is 0 Å². The maximum atomic E-state index is 13.2. The van der Waals surface area contributed by atoms with Gasteiger partial charge in [-0.05, 0) is 30.5 Å². The molecule has 1 aromatic carbocycles. The minimum atomic E-state index is -2.91. The molecule has 1 N–H and O–H groups in total. The molecule has 0 amide bonds. The summed E-state index contributed by atoms with van der Waals surface area (Å²) in [5, 5.41) is 9.30. The molecule has 1 aliphatic rings. The Morgan fingerprint density at radius 1 is 1.00 bits per heavy atom. The minimum Gasteiger partial charge on any atom is -0.481 e. The Hall–Kier alpha value is -1.59. The van der Waals surface area contributed by atoms with Gasteiger partial charge >= 0.3 is 5.97 Å². The second-order valence-electron chi connectivity index (χ2n) is 4.90. The largest absolute Gasteiger partial charge is 0.481 e. The van der Waals surface area contributed by atoms with E-state index in [0.717, 1.165) is 12.1 Å². The van der Waals surface area contributed by atoms with E-state index in [1.165, 1.54) is 0 Å². The lowest BCUT2D eigenvalue weighted by molar-refractivity contribution is -0.149. The summed E-state index contributed by atoms with van der Waals surface area (Å²) >= 11 is 0. The van der Waals surface area contributed by atoms with Gasteiger partial charge in [0.2, 0.25) is 5.92 Å². The van der Waals surface area contributed by atoms with E-state index in [1.54, 1.807) is 0 Å². The van der Waals surface area contributed by atoms with Crippen LogP contribution >= 0.6 is 0 Å². The fraction of sp³-hybridized carbons (Fsp3) is 0.462. The number of carbonyl (C=O) groups is 1. The molecule has 1 aliphatic carbocycles. The van der Waals surface area contributed by atoms with Crippen LogP contribution < -0.4 is 0 Å². The van der Waals surface area contributed by atoms with E-state index < -0.39 is 41.8 Å². The standard InChI is InChI=1S/C13H12F4O2/c14-9-5-8(6-10(15)7-9)12(11(18)19)1-3-13(16,17)4-2-12/h5-7H,1-4H2,(H,18,19). The molecule has 0 spiro atoms. The Labute approximate surface area is 107 Å². The van der Waals surface area contributed by atoms with Crippen molar-refractivity contribution in [1.29, 1.82) is 0 Å². The van der Waals surface area contributed by atoms with Crippen LogP contribution in [0.4, 0.5) is 17.6 Å². The van der Waals surface area contributed by atoms with Gasteiger partial charge in [-0.15, -0.1) is 0 Å². The van der Waals surface area contributed by atoms with Gasteiger partial charge in [0, 0.05) is 18.9 Å². The van der Waals surface area contributed by atoms with E-state index >= 15 is 0 Å². The number of halogens is 4. The fourth-order valence-electron chi connectivity index (χ4n) is 2.50. The second kappa shape index (κ2) is 4.51. The van der Waals surface area contributed by atoms with Crippen molar-refractivity contribution in [3.63, 3.8) is 0 Å². The predicted molar refractivity (Wildman–Crippen MR) is 59.1 cm³/mol. The molecule has 0 radical (unpaired) electrons. The van der Waals surface area contributed by atoms with Gasteiger partial charge in [0.05, 0.1) is 5.41 Å². The van der Waals surface area contributed by atoms with Crippen LogP contribution in [0.2, 0.25) is 0 Å². The molecule has 2 nitrogen and oxygen atoms in total. The number of rotatable bonds is 2. The van der Waals surface area contributed by atoms with E-state index in [1.807, 2.05) is 0 Å². The van der Waals surface area contributed by atoms with Crippen molar-refractivity contribution in [3.05, 3.63) is 35.4 Å². The van der Waals surface area contributed by atoms with E-state index in [4.69, 9.17) is 0 Å². The van der Waals surface area contributed by atoms with Crippen LogP contribution in [0.1, 0.15) is 31.2 Å². The molecule has 6 heteroatoms. The highest BCUT2D eigenvalue weighted by molar-refractivity contribution is 5.81. The minimum absolute atomic E-state index is 0.0898. The number of hydrogen-bond donors (Lipinski definition) is 1. The molecule has 1 saturated carbocycles. The Morgan fingerprint density at radius 3 is 1.89 bits per heavy atom. The van der Waals surface area contributed by atoms with Crippen molar-refractivity contribution in [2.24, 2.45) is 0 Å². The van der Waals surface area contributed by atoms with E-state index in [-0.39, 0.29) is 18.4 Å². The molecule has 0 unspecified atom stereocenters. The Morgan fingerprint density at radius 2 is 1.47 bits per heavy atom. The first-order valence-corrected chi connectivity index (χ1v) is 5.83. The lowest BCUT2D eigenvalue weighted by atomic mass is 9.68. The highest BCUT2D eigenvalue weighted by atomic mass is 19.3. The summed E-state index contributed by atoms with van der Waals surface area (Å²) in [4.78, 5) is 11.4. The molecule has 1 aromatic rings. The number of alkyl halides is 2. The normalized spacial score (nSPS) is 21.1. The molecule has 0 atom stereocenters. The van der Waals surface area contributed by atoms with Crippen LogP contribution in [-0.2, 0) is 10.2 Å². The van der Waals surface area contributed by atoms with Crippen LogP contribution in [0.3, 0.4) is 0 Å². The summed E-state index contributed by atoms with van der Waals surface area (Å²) in [6.45, 7) is 0. The zero-order valence-corrected chi connectivity index (χ0v) is 9.93. The van der Waals surface area contributed by atoms with Crippen LogP contribution in [0.15, 0.2) is 18.2 Å². The summed E-state index contributed by atoms with van der Waals surface area (Å²) in [7, 11) is 0. The summed E-state index contributed by atoms with van der Waals surface area (Å²) in [5.41, 5.74) is -1.72. The molecule has 0 heterocycles. The van der Waals surface area contributed by atoms with Crippen molar-refractivity contribution >= 4 is 5.97 Å². The van der Waals surface area contributed by atoms with Crippen LogP contribution in [0.5, 0.6) is 0 Å². The van der Waals surface area contributed by atoms with Crippen LogP contribution in [-0.4, -0.2) is 17.0 Å². The summed E-state index contributed by atoms with van der Waals surface area (Å²) in [6.07, 6.45) is -1.87. The monoisotopic (exact) mass is 276 g/mol. The number of aliphatic carboxylic acids is 1. The number of hydrogen-bond acceptors (Lipinski definition) is 1. The Balaban J connectivity index is 2.43. The van der Waals surface area contributed by atoms with E-state index in [2.05, 4.69) is 0 Å². The van der Waals surface area contributed by atoms with Crippen molar-refractivity contribution in [3.8, 4) is 0 Å². The smallest absolute Gasteiger partial charge is 0.314 e. The van der Waals surface area contributed by atoms with Crippen molar-refractivity contribution in [1.82, 2.24) is 0 Å². The maximum Gasteiger partial charge on any atom is 0.314 e. The summed E-state index contributed by atoms with van der Waals surface area (Å²) in [6, 6.07) is 2.43. The molecule has 0 aliphatic heterocycles. The third-order valence-electron chi connectivity index (χ3n) is 3.66. The first kappa shape index (κ1) is 13.8. The molecular weight excluding hydrogens is 264 g/mol. The average Bonchev–Trinajstić information content (AvgIpc) is 2.27. The lowest BCUT2D eigenvalue weighted by Crippen LogP contribution is -2.42. The number of carboxylic acid groups (broad SMARTS) is 1. The first-order valence-electron chi connectivity index (χ1n) is 5.83. The van der Waals surface area contributed by atoms with Gasteiger partial charge in [0.1, 0.15) is 11.6 Å². The first-order chi connectivity index (χ1) is 8.75. The average molecular weight is 276 g/mol. The second-order valence-corrected chi connectivity index (χ2v) is 4.90. The Bertz CT molecular complexity index is 483. The lowest BCUT2D eigenvalue weighted by Gasteiger charge is -2.37. The zero-order chi connectivity index (χ0) is 14.3. The summed E-state index contributed by atoms with van der Waals surface area (Å²) in [5.74, 6) is -6.06. The van der Waals surface area contributed by atoms with E-state index in [0.29, 0.717) is 6.07 Å². The highest BCUT2D eigenvalue weighted by Crippen LogP contribution is 2.45. The van der Waals surface area contributed by atoms with Crippen molar-refractivity contribution in [2.45, 2.75) is 37.0 Å². The van der Waals surface area contributed by atoms with Crippen molar-refractivity contribution in [2.75, 3.05) is 0 Å². The fourth-order valence-corrected chi connectivity index (χ4v) is 2.50. The zero-order valence-electron chi connectivity index (χ0n) is 9.93. The molecule has 0 bridgehead atoms. The molecule has 2 rings (SSSR count). The molecule has 0 aromatic heterocycles. The molecule has 0 saturated heterocycles. The van der Waals surface area contributed by atoms with Gasteiger partial charge in [-0.3, -0.25) is 4.79 Å². The molecular formula is C13H12F4O2. The topological polar surface area (TPSA) is 37.3 Å². The maximum absolute atomic E-state index is 13.2. The molecule has 1 fully saturated rings. The quantitative estimate of drug-likeness (QED) is 0.839. The molecule has 104 valence electrons. The highest BCUT2D eigenvalue weighted by Gasteiger charge is 2.49. The molecule has 19 heavy (non-hydrogen) atoms. The predicted octanol–water partition coefficient (Wildman–Crippen LogP) is 3.50. The van der Waals surface area contributed by atoms with Gasteiger partial charge in [-0.2, -0.15) is 0 Å².